The Balaban J connectivity index is 1.07. The Kier molecular flexibility index (Phi) is 10.9. The van der Waals surface area contributed by atoms with Crippen LogP contribution in [0.25, 0.3) is 22.4 Å². The van der Waals surface area contributed by atoms with Crippen molar-refractivity contribution in [2.75, 3.05) is 72.4 Å². The van der Waals surface area contributed by atoms with E-state index >= 15 is 0 Å². The number of carbonyl (C=O) groups excluding carboxylic acids is 3. The molecule has 2 saturated heterocycles. The minimum atomic E-state index is -0.438. The van der Waals surface area contributed by atoms with Gasteiger partial charge in [0.05, 0.1) is 74.0 Å². The molecule has 3 amide bonds. The summed E-state index contributed by atoms with van der Waals surface area (Å²) in [5, 5.41) is 8.06. The van der Waals surface area contributed by atoms with Crippen LogP contribution in [0.15, 0.2) is 48.8 Å². The van der Waals surface area contributed by atoms with Crippen molar-refractivity contribution in [3.63, 3.8) is 0 Å². The zero-order chi connectivity index (χ0) is 36.4. The van der Waals surface area contributed by atoms with E-state index in [0.717, 1.165) is 52.8 Å². The van der Waals surface area contributed by atoms with Gasteiger partial charge in [-0.2, -0.15) is 5.10 Å². The number of hydrogen-bond donors (Lipinski definition) is 1. The summed E-state index contributed by atoms with van der Waals surface area (Å²) in [7, 11) is 7.82. The predicted octanol–water partition coefficient (Wildman–Crippen LogP) is 5.24. The highest BCUT2D eigenvalue weighted by molar-refractivity contribution is 6.34. The molecule has 1 N–H and O–H groups in total. The highest BCUT2D eigenvalue weighted by Crippen LogP contribution is 2.34. The molecule has 2 aliphatic rings. The van der Waals surface area contributed by atoms with Crippen LogP contribution in [0, 0.1) is 12.8 Å². The maximum Gasteiger partial charge on any atom is 0.291 e. The van der Waals surface area contributed by atoms with Crippen molar-refractivity contribution < 1.29 is 23.6 Å². The zero-order valence-corrected chi connectivity index (χ0v) is 31.3. The van der Waals surface area contributed by atoms with E-state index < -0.39 is 5.91 Å². The topological polar surface area (TPSA) is 115 Å². The smallest absolute Gasteiger partial charge is 0.291 e. The minimum Gasteiger partial charge on any atom is -0.383 e. The van der Waals surface area contributed by atoms with E-state index in [-0.39, 0.29) is 28.6 Å². The number of rotatable bonds is 9. The molecular weight excluding hydrogens is 691 g/mol. The van der Waals surface area contributed by atoms with Crippen molar-refractivity contribution >= 4 is 46.6 Å². The molecule has 51 heavy (non-hydrogen) atoms. The third kappa shape index (κ3) is 7.84. The van der Waals surface area contributed by atoms with Crippen LogP contribution in [0.4, 0.5) is 5.69 Å². The first-order chi connectivity index (χ1) is 24.4. The minimum absolute atomic E-state index is 0.0655. The lowest BCUT2D eigenvalue weighted by atomic mass is 9.94. The molecule has 2 aromatic carbocycles. The number of piperidine rings is 1. The van der Waals surface area contributed by atoms with Crippen LogP contribution in [0.5, 0.6) is 0 Å². The van der Waals surface area contributed by atoms with Crippen LogP contribution in [0.3, 0.4) is 0 Å². The molecule has 0 atom stereocenters. The number of quaternary nitrogens is 1. The van der Waals surface area contributed by atoms with Crippen LogP contribution in [-0.2, 0) is 23.1 Å². The number of likely N-dealkylation sites (tertiary alicyclic amines) is 1. The normalized spacial score (nSPS) is 16.4. The summed E-state index contributed by atoms with van der Waals surface area (Å²) in [6.07, 6.45) is 5.23. The van der Waals surface area contributed by atoms with Crippen molar-refractivity contribution in [3.8, 4) is 22.4 Å². The summed E-state index contributed by atoms with van der Waals surface area (Å²) in [4.78, 5) is 47.9. The molecular formula is C37H45Cl2N8O4+. The molecule has 4 aromatic rings. The number of amides is 3. The van der Waals surface area contributed by atoms with Crippen LogP contribution < -0.4 is 5.32 Å². The maximum absolute atomic E-state index is 13.4. The lowest BCUT2D eigenvalue weighted by molar-refractivity contribution is -0.895. The van der Waals surface area contributed by atoms with Gasteiger partial charge in [0.1, 0.15) is 0 Å². The fourth-order valence-electron chi connectivity index (χ4n) is 6.92. The van der Waals surface area contributed by atoms with Crippen LogP contribution >= 0.6 is 23.2 Å². The second-order valence-corrected chi connectivity index (χ2v) is 14.8. The van der Waals surface area contributed by atoms with Crippen LogP contribution in [0.2, 0.25) is 10.0 Å². The van der Waals surface area contributed by atoms with Crippen molar-refractivity contribution in [1.29, 1.82) is 0 Å². The first-order valence-corrected chi connectivity index (χ1v) is 18.0. The Hall–Kier alpha value is -4.23. The number of piperazine rings is 1. The zero-order valence-electron chi connectivity index (χ0n) is 29.8. The van der Waals surface area contributed by atoms with Gasteiger partial charge in [0.25, 0.3) is 11.8 Å². The summed E-state index contributed by atoms with van der Waals surface area (Å²) in [6.45, 7) is 7.14. The molecule has 0 radical (unpaired) electrons. The number of aromatic nitrogens is 4. The van der Waals surface area contributed by atoms with Gasteiger partial charge in [0.2, 0.25) is 5.91 Å². The maximum atomic E-state index is 13.4. The molecule has 0 spiro atoms. The van der Waals surface area contributed by atoms with Gasteiger partial charge in [0.15, 0.2) is 5.82 Å². The van der Waals surface area contributed by atoms with Gasteiger partial charge >= 0.3 is 0 Å². The fourth-order valence-corrected chi connectivity index (χ4v) is 7.46. The first-order valence-electron chi connectivity index (χ1n) is 17.2. The highest BCUT2D eigenvalue weighted by Gasteiger charge is 2.35. The predicted molar refractivity (Wildman–Crippen MR) is 198 cm³/mol. The van der Waals surface area contributed by atoms with E-state index in [2.05, 4.69) is 29.5 Å². The number of halogens is 2. The number of ether oxygens (including phenoxy) is 1. The second-order valence-electron chi connectivity index (χ2n) is 14.0. The average Bonchev–Trinajstić information content (AvgIpc) is 3.68. The second kappa shape index (κ2) is 15.2. The highest BCUT2D eigenvalue weighted by atomic mass is 35.5. The lowest BCUT2D eigenvalue weighted by Gasteiger charge is -2.40. The molecule has 6 rings (SSSR count). The quantitative estimate of drug-likeness (QED) is 0.236. The molecule has 2 fully saturated rings. The van der Waals surface area contributed by atoms with Crippen molar-refractivity contribution in [3.05, 3.63) is 75.9 Å². The lowest BCUT2D eigenvalue weighted by Crippen LogP contribution is -2.54. The van der Waals surface area contributed by atoms with E-state index in [0.29, 0.717) is 61.3 Å². The number of nitrogens with one attached hydrogen (secondary N) is 1. The molecule has 0 bridgehead atoms. The van der Waals surface area contributed by atoms with E-state index in [9.17, 15) is 14.4 Å². The first kappa shape index (κ1) is 36.6. The van der Waals surface area contributed by atoms with Gasteiger partial charge in [0, 0.05) is 81.6 Å². The molecule has 0 unspecified atom stereocenters. The van der Waals surface area contributed by atoms with Gasteiger partial charge in [-0.15, -0.1) is 0 Å². The number of hydrogen-bond acceptors (Lipinski definition) is 6. The Morgan fingerprint density at radius 1 is 0.941 bits per heavy atom. The molecule has 0 saturated carbocycles. The van der Waals surface area contributed by atoms with Crippen molar-refractivity contribution in [2.45, 2.75) is 26.3 Å². The monoisotopic (exact) mass is 735 g/mol. The molecule has 0 aliphatic carbocycles. The van der Waals surface area contributed by atoms with Gasteiger partial charge in [-0.25, -0.2) is 4.98 Å². The largest absolute Gasteiger partial charge is 0.383 e. The summed E-state index contributed by atoms with van der Waals surface area (Å²) >= 11 is 13.4. The van der Waals surface area contributed by atoms with Gasteiger partial charge in [-0.05, 0) is 36.8 Å². The summed E-state index contributed by atoms with van der Waals surface area (Å²) in [5.41, 5.74) is 5.09. The molecule has 12 nitrogen and oxygen atoms in total. The van der Waals surface area contributed by atoms with E-state index in [1.54, 1.807) is 48.0 Å². The number of methoxy groups -OCH3 is 1. The summed E-state index contributed by atoms with van der Waals surface area (Å²) < 4.78 is 9.71. The van der Waals surface area contributed by atoms with Crippen LogP contribution in [0.1, 0.15) is 39.5 Å². The Bertz CT molecular complexity index is 1940. The van der Waals surface area contributed by atoms with Crippen molar-refractivity contribution in [2.24, 2.45) is 13.0 Å². The fraction of sp³-hybridized carbons (Fsp3) is 0.432. The average molecular weight is 737 g/mol. The summed E-state index contributed by atoms with van der Waals surface area (Å²) in [6, 6.07) is 10.6. The van der Waals surface area contributed by atoms with E-state index in [1.165, 1.54) is 0 Å². The number of carbonyl (C=O) groups is 3. The summed E-state index contributed by atoms with van der Waals surface area (Å²) in [5.74, 6) is -0.189. The molecule has 14 heteroatoms. The third-order valence-corrected chi connectivity index (χ3v) is 10.8. The van der Waals surface area contributed by atoms with Crippen LogP contribution in [-0.4, -0.2) is 118 Å². The molecule has 2 aromatic heterocycles. The van der Waals surface area contributed by atoms with Gasteiger partial charge in [-0.3, -0.25) is 19.1 Å². The number of nitrogens with zero attached hydrogens (tertiary/aromatic N) is 7. The number of imidazole rings is 1. The Morgan fingerprint density at radius 2 is 1.65 bits per heavy atom. The number of anilines is 1. The Morgan fingerprint density at radius 3 is 2.31 bits per heavy atom. The SMILES string of the molecule is COCCn1ncc(-c2ccc(-c3cnc(C(=O)Nc4ccc(C(=O)N5CCN(C(=O)C6CC[N+](C)(C)CC6)CC5)c(Cl)c4)n3C)c(Cl)c2)c1C. The third-order valence-electron chi connectivity index (χ3n) is 10.2. The molecule has 270 valence electrons. The van der Waals surface area contributed by atoms with Crippen molar-refractivity contribution in [1.82, 2.24) is 29.1 Å². The molecule has 4 heterocycles. The number of benzene rings is 2. The van der Waals surface area contributed by atoms with Gasteiger partial charge < -0.3 is 28.9 Å². The van der Waals surface area contributed by atoms with E-state index in [4.69, 9.17) is 27.9 Å². The standard InChI is InChI=1S/C37H44Cl2N8O4/c1-24-30(22-41-46(24)16-19-51-5)26-6-8-28(31(38)20-26)33-23-40-34(43(33)2)35(48)42-27-7-9-29(32(39)21-27)37(50)45-14-12-44(13-15-45)36(49)25-10-17-47(3,4)18-11-25/h6-9,20-23,25H,10-19H2,1-5H3/p+1. The van der Waals surface area contributed by atoms with Gasteiger partial charge in [-0.1, -0.05) is 35.3 Å². The van der Waals surface area contributed by atoms with E-state index in [1.807, 2.05) is 40.9 Å². The Labute approximate surface area is 308 Å². The molecule has 2 aliphatic heterocycles.